The van der Waals surface area contributed by atoms with Gasteiger partial charge in [-0.05, 0) is 31.5 Å². The summed E-state index contributed by atoms with van der Waals surface area (Å²) in [6.07, 6.45) is 0.539. The van der Waals surface area contributed by atoms with E-state index in [9.17, 15) is 14.4 Å². The summed E-state index contributed by atoms with van der Waals surface area (Å²) in [5.74, 6) is -2.82. The summed E-state index contributed by atoms with van der Waals surface area (Å²) in [6.45, 7) is 3.84. The first-order chi connectivity index (χ1) is 12.5. The molecule has 0 spiro atoms. The van der Waals surface area contributed by atoms with E-state index in [4.69, 9.17) is 4.74 Å². The molecule has 2 aromatic rings. The first kappa shape index (κ1) is 16.5. The number of benzene rings is 2. The largest absolute Gasteiger partial charge is 0.426 e. The van der Waals surface area contributed by atoms with Crippen molar-refractivity contribution in [2.24, 2.45) is 11.8 Å². The van der Waals surface area contributed by atoms with Gasteiger partial charge < -0.3 is 4.74 Å². The summed E-state index contributed by atoms with van der Waals surface area (Å²) >= 11 is 0. The first-order valence-corrected chi connectivity index (χ1v) is 8.78. The van der Waals surface area contributed by atoms with Crippen LogP contribution in [0.4, 0.5) is 5.69 Å². The number of ether oxygens (including phenoxy) is 1. The molecule has 3 atom stereocenters. The topological polar surface area (TPSA) is 63.7 Å². The lowest BCUT2D eigenvalue weighted by molar-refractivity contribution is -0.151. The van der Waals surface area contributed by atoms with E-state index in [0.29, 0.717) is 17.9 Å². The number of piperidine rings is 1. The molecule has 4 rings (SSSR count). The number of aryl methyl sites for hydroxylation is 1. The van der Waals surface area contributed by atoms with Gasteiger partial charge in [-0.25, -0.2) is 4.90 Å². The maximum Gasteiger partial charge on any atom is 0.324 e. The van der Waals surface area contributed by atoms with E-state index >= 15 is 0 Å². The molecule has 0 aliphatic carbocycles. The molecule has 1 saturated heterocycles. The van der Waals surface area contributed by atoms with Crippen molar-refractivity contribution in [2.45, 2.75) is 26.2 Å². The van der Waals surface area contributed by atoms with Gasteiger partial charge in [0.1, 0.15) is 11.7 Å². The number of para-hydroxylation sites is 1. The van der Waals surface area contributed by atoms with Crippen molar-refractivity contribution in [3.63, 3.8) is 0 Å². The zero-order valence-corrected chi connectivity index (χ0v) is 14.6. The fraction of sp³-hybridized carbons (Fsp3) is 0.286. The van der Waals surface area contributed by atoms with Crippen LogP contribution in [-0.4, -0.2) is 17.8 Å². The lowest BCUT2D eigenvalue weighted by atomic mass is 9.70. The van der Waals surface area contributed by atoms with Crippen molar-refractivity contribution in [2.75, 3.05) is 4.90 Å². The molecule has 26 heavy (non-hydrogen) atoms. The number of hydrogen-bond acceptors (Lipinski definition) is 4. The van der Waals surface area contributed by atoms with Crippen LogP contribution in [0.25, 0.3) is 0 Å². The fourth-order valence-electron chi connectivity index (χ4n) is 3.99. The van der Waals surface area contributed by atoms with E-state index < -0.39 is 29.6 Å². The van der Waals surface area contributed by atoms with Gasteiger partial charge in [-0.2, -0.15) is 0 Å². The van der Waals surface area contributed by atoms with Gasteiger partial charge >= 0.3 is 5.97 Å². The molecule has 2 aliphatic heterocycles. The number of carbonyl (C=O) groups excluding carboxylic acids is 3. The van der Waals surface area contributed by atoms with E-state index in [1.165, 1.54) is 0 Å². The lowest BCUT2D eigenvalue weighted by Crippen LogP contribution is -2.57. The standard InChI is InChI=1S/C21H19NO4/c1-3-14-17-15-6-4-5-7-16(15)26-21(25)18(17)20(24)22(19(14)23)13-10-8-12(2)9-11-13/h4-11,14,17-18H,3H2,1-2H3/t14-,17-,18-/m1/s1. The molecule has 132 valence electrons. The van der Waals surface area contributed by atoms with Gasteiger partial charge in [-0.3, -0.25) is 14.4 Å². The van der Waals surface area contributed by atoms with Gasteiger partial charge in [-0.15, -0.1) is 0 Å². The molecular weight excluding hydrogens is 330 g/mol. The molecule has 2 aromatic carbocycles. The van der Waals surface area contributed by atoms with Gasteiger partial charge in [0.15, 0.2) is 0 Å². The maximum atomic E-state index is 13.2. The van der Waals surface area contributed by atoms with Gasteiger partial charge in [0.05, 0.1) is 5.69 Å². The average Bonchev–Trinajstić information content (AvgIpc) is 2.63. The number of hydrogen-bond donors (Lipinski definition) is 0. The molecule has 1 fully saturated rings. The van der Waals surface area contributed by atoms with Crippen LogP contribution in [0.15, 0.2) is 48.5 Å². The normalized spacial score (nSPS) is 24.8. The molecule has 5 heteroatoms. The Morgan fingerprint density at radius 2 is 1.65 bits per heavy atom. The predicted octanol–water partition coefficient (Wildman–Crippen LogP) is 3.21. The number of nitrogens with zero attached hydrogens (tertiary/aromatic N) is 1. The van der Waals surface area contributed by atoms with E-state index in [1.807, 2.05) is 38.1 Å². The molecule has 0 radical (unpaired) electrons. The van der Waals surface area contributed by atoms with Crippen molar-refractivity contribution in [3.05, 3.63) is 59.7 Å². The summed E-state index contributed by atoms with van der Waals surface area (Å²) in [5, 5.41) is 0. The fourth-order valence-corrected chi connectivity index (χ4v) is 3.99. The summed E-state index contributed by atoms with van der Waals surface area (Å²) in [7, 11) is 0. The van der Waals surface area contributed by atoms with Crippen molar-refractivity contribution in [1.82, 2.24) is 0 Å². The third kappa shape index (κ3) is 2.35. The van der Waals surface area contributed by atoms with Crippen LogP contribution < -0.4 is 9.64 Å². The summed E-state index contributed by atoms with van der Waals surface area (Å²) in [5.41, 5.74) is 2.28. The summed E-state index contributed by atoms with van der Waals surface area (Å²) in [4.78, 5) is 40.1. The molecular formula is C21H19NO4. The Balaban J connectivity index is 1.84. The molecule has 0 aromatic heterocycles. The number of amides is 2. The second kappa shape index (κ2) is 6.09. The number of imide groups is 1. The molecule has 0 unspecified atom stereocenters. The summed E-state index contributed by atoms with van der Waals surface area (Å²) < 4.78 is 5.41. The van der Waals surface area contributed by atoms with Gasteiger partial charge in [0.25, 0.3) is 0 Å². The molecule has 2 heterocycles. The average molecular weight is 349 g/mol. The Bertz CT molecular complexity index is 902. The zero-order chi connectivity index (χ0) is 18.4. The Morgan fingerprint density at radius 3 is 2.35 bits per heavy atom. The molecule has 5 nitrogen and oxygen atoms in total. The van der Waals surface area contributed by atoms with Crippen molar-refractivity contribution >= 4 is 23.5 Å². The van der Waals surface area contributed by atoms with E-state index in [0.717, 1.165) is 16.0 Å². The van der Waals surface area contributed by atoms with Crippen molar-refractivity contribution in [3.8, 4) is 5.75 Å². The SMILES string of the molecule is CC[C@H]1C(=O)N(c2ccc(C)cc2)C(=O)[C@@H]2C(=O)Oc3ccccc3[C@H]21. The summed E-state index contributed by atoms with van der Waals surface area (Å²) in [6, 6.07) is 14.3. The van der Waals surface area contributed by atoms with Gasteiger partial charge in [-0.1, -0.05) is 42.8 Å². The Morgan fingerprint density at radius 1 is 0.962 bits per heavy atom. The monoisotopic (exact) mass is 349 g/mol. The van der Waals surface area contributed by atoms with Crippen LogP contribution >= 0.6 is 0 Å². The number of fused-ring (bicyclic) bond motifs is 3. The highest BCUT2D eigenvalue weighted by atomic mass is 16.5. The molecule has 0 bridgehead atoms. The molecule has 0 saturated carbocycles. The third-order valence-corrected chi connectivity index (χ3v) is 5.29. The quantitative estimate of drug-likeness (QED) is 0.361. The molecule has 0 N–H and O–H groups in total. The highest BCUT2D eigenvalue weighted by Crippen LogP contribution is 2.47. The van der Waals surface area contributed by atoms with Crippen LogP contribution in [0.3, 0.4) is 0 Å². The number of rotatable bonds is 2. The number of esters is 1. The highest BCUT2D eigenvalue weighted by molar-refractivity contribution is 6.23. The van der Waals surface area contributed by atoms with Crippen molar-refractivity contribution < 1.29 is 19.1 Å². The van der Waals surface area contributed by atoms with Gasteiger partial charge in [0.2, 0.25) is 11.8 Å². The second-order valence-corrected chi connectivity index (χ2v) is 6.82. The molecule has 2 amide bonds. The van der Waals surface area contributed by atoms with Crippen LogP contribution in [0.2, 0.25) is 0 Å². The Labute approximate surface area is 151 Å². The van der Waals surface area contributed by atoms with Crippen LogP contribution in [0.5, 0.6) is 5.75 Å². The maximum absolute atomic E-state index is 13.2. The molecule has 2 aliphatic rings. The van der Waals surface area contributed by atoms with Crippen molar-refractivity contribution in [1.29, 1.82) is 0 Å². The van der Waals surface area contributed by atoms with E-state index in [1.54, 1.807) is 24.3 Å². The highest BCUT2D eigenvalue weighted by Gasteiger charge is 2.55. The van der Waals surface area contributed by atoms with Crippen LogP contribution in [0, 0.1) is 18.8 Å². The van der Waals surface area contributed by atoms with E-state index in [-0.39, 0.29) is 5.91 Å². The first-order valence-electron chi connectivity index (χ1n) is 8.78. The Kier molecular flexibility index (Phi) is 3.87. The number of anilines is 1. The van der Waals surface area contributed by atoms with Crippen LogP contribution in [-0.2, 0) is 14.4 Å². The number of carbonyl (C=O) groups is 3. The predicted molar refractivity (Wildman–Crippen MR) is 95.8 cm³/mol. The minimum atomic E-state index is -0.992. The van der Waals surface area contributed by atoms with E-state index in [2.05, 4.69) is 0 Å². The smallest absolute Gasteiger partial charge is 0.324 e. The minimum absolute atomic E-state index is 0.257. The van der Waals surface area contributed by atoms with Gasteiger partial charge in [0, 0.05) is 17.4 Å². The minimum Gasteiger partial charge on any atom is -0.426 e. The Hall–Kier alpha value is -2.95. The lowest BCUT2D eigenvalue weighted by Gasteiger charge is -2.42. The van der Waals surface area contributed by atoms with Crippen LogP contribution in [0.1, 0.15) is 30.4 Å². The third-order valence-electron chi connectivity index (χ3n) is 5.29. The zero-order valence-electron chi connectivity index (χ0n) is 14.6. The second-order valence-electron chi connectivity index (χ2n) is 6.82.